The topological polar surface area (TPSA) is 188 Å². The van der Waals surface area contributed by atoms with Gasteiger partial charge in [-0.2, -0.15) is 0 Å². The van der Waals surface area contributed by atoms with Crippen molar-refractivity contribution in [3.63, 3.8) is 0 Å². The average molecular weight is 820 g/mol. The molecule has 0 radical (unpaired) electrons. The number of hydrogen-bond donors (Lipinski definition) is 4. The van der Waals surface area contributed by atoms with Gasteiger partial charge in [-0.05, 0) is 55.2 Å². The first-order valence-corrected chi connectivity index (χ1v) is 20.5. The van der Waals surface area contributed by atoms with Crippen LogP contribution >= 0.6 is 11.6 Å². The van der Waals surface area contributed by atoms with E-state index < -0.39 is 64.8 Å². The molecule has 0 aromatic heterocycles. The predicted octanol–water partition coefficient (Wildman–Crippen LogP) is 4.45. The molecule has 4 aliphatic rings. The fraction of sp³-hybridized carbons (Fsp3) is 0.548. The molecule has 0 bridgehead atoms. The third kappa shape index (κ3) is 10.7. The molecule has 3 heterocycles. The number of carbonyl (C=O) groups is 6. The van der Waals surface area contributed by atoms with Crippen LogP contribution in [0.1, 0.15) is 90.2 Å². The number of halogens is 1. The molecule has 1 aliphatic carbocycles. The number of rotatable bonds is 13. The van der Waals surface area contributed by atoms with Gasteiger partial charge in [0.05, 0.1) is 18.3 Å². The quantitative estimate of drug-likeness (QED) is 0.214. The zero-order valence-electron chi connectivity index (χ0n) is 33.6. The van der Waals surface area contributed by atoms with Crippen LogP contribution < -0.4 is 21.3 Å². The highest BCUT2D eigenvalue weighted by Crippen LogP contribution is 2.40. The van der Waals surface area contributed by atoms with Crippen LogP contribution in [0.5, 0.6) is 0 Å². The lowest BCUT2D eigenvalue weighted by Crippen LogP contribution is -2.61. The molecule has 15 nitrogen and oxygen atoms in total. The molecule has 1 saturated carbocycles. The molecule has 2 aromatic rings. The average Bonchev–Trinajstić information content (AvgIpc) is 3.79. The number of ketones is 1. The first-order chi connectivity index (χ1) is 27.6. The van der Waals surface area contributed by atoms with E-state index in [-0.39, 0.29) is 44.5 Å². The Morgan fingerprint density at radius 3 is 2.31 bits per heavy atom. The van der Waals surface area contributed by atoms with E-state index in [0.29, 0.717) is 43.1 Å². The molecule has 3 fully saturated rings. The minimum Gasteiger partial charge on any atom is -0.445 e. The summed E-state index contributed by atoms with van der Waals surface area (Å²) in [5.41, 5.74) is 0.346. The number of ether oxygens (including phenoxy) is 1. The summed E-state index contributed by atoms with van der Waals surface area (Å²) in [4.78, 5) is 90.4. The molecule has 16 heteroatoms. The largest absolute Gasteiger partial charge is 0.445 e. The SMILES string of the molecule is CCC[C@H](NC(=O)[C@@H]1C[C@]2(CC(c3cccc(Cl)c3)=NO2)CN1C(=O)[C@@H](NC(=O)NC1CCN(C(=O)OCc2ccccc2)CC1)C(C)(C)C)C(=O)C(=O)NC1CC1. The van der Waals surface area contributed by atoms with Gasteiger partial charge in [0, 0.05) is 48.6 Å². The van der Waals surface area contributed by atoms with Crippen LogP contribution in [0.25, 0.3) is 0 Å². The summed E-state index contributed by atoms with van der Waals surface area (Å²) in [5.74, 6) is -2.60. The maximum Gasteiger partial charge on any atom is 0.410 e. The van der Waals surface area contributed by atoms with Crippen molar-refractivity contribution in [1.29, 1.82) is 0 Å². The summed E-state index contributed by atoms with van der Waals surface area (Å²) < 4.78 is 5.47. The van der Waals surface area contributed by atoms with Gasteiger partial charge in [0.1, 0.15) is 18.7 Å². The first-order valence-electron chi connectivity index (χ1n) is 20.1. The van der Waals surface area contributed by atoms with E-state index in [1.807, 2.05) is 64.1 Å². The van der Waals surface area contributed by atoms with Gasteiger partial charge in [-0.3, -0.25) is 19.2 Å². The Labute approximate surface area is 343 Å². The number of urea groups is 1. The number of hydrogen-bond acceptors (Lipinski definition) is 9. The summed E-state index contributed by atoms with van der Waals surface area (Å²) in [6.07, 6.45) is 3.23. The Morgan fingerprint density at radius 1 is 0.948 bits per heavy atom. The van der Waals surface area contributed by atoms with Crippen molar-refractivity contribution in [1.82, 2.24) is 31.1 Å². The number of likely N-dealkylation sites (tertiary alicyclic amines) is 2. The van der Waals surface area contributed by atoms with Gasteiger partial charge in [-0.1, -0.05) is 93.3 Å². The highest BCUT2D eigenvalue weighted by molar-refractivity contribution is 6.38. The third-order valence-electron chi connectivity index (χ3n) is 11.0. The van der Waals surface area contributed by atoms with Gasteiger partial charge in [0.2, 0.25) is 17.6 Å². The smallest absolute Gasteiger partial charge is 0.410 e. The Balaban J connectivity index is 1.13. The van der Waals surface area contributed by atoms with E-state index in [2.05, 4.69) is 26.4 Å². The standard InChI is InChI=1S/C42H54ClN7O8/c1-5-10-31(34(51)37(53)44-29-15-16-29)46-36(52)33-23-42(22-32(48-58-42)27-13-9-14-28(43)21-27)25-50(33)38(54)35(41(2,3)4)47-39(55)45-30-17-19-49(20-18-30)40(56)57-24-26-11-7-6-8-12-26/h6-9,11-14,21,29-31,33,35H,5,10,15-20,22-25H2,1-4H3,(H,44,53)(H,46,52)(H2,45,47,55)/t31-,33-,35+,42+/m0/s1. The summed E-state index contributed by atoms with van der Waals surface area (Å²) in [5, 5.41) is 16.2. The number of oxime groups is 1. The molecule has 4 N–H and O–H groups in total. The van der Waals surface area contributed by atoms with E-state index in [0.717, 1.165) is 24.0 Å². The lowest BCUT2D eigenvalue weighted by molar-refractivity contribution is -0.144. The molecular weight excluding hydrogens is 766 g/mol. The number of benzene rings is 2. The van der Waals surface area contributed by atoms with E-state index in [4.69, 9.17) is 21.2 Å². The van der Waals surface area contributed by atoms with Crippen molar-refractivity contribution in [2.24, 2.45) is 10.6 Å². The van der Waals surface area contributed by atoms with Crippen LogP contribution in [0.2, 0.25) is 5.02 Å². The van der Waals surface area contributed by atoms with Crippen molar-refractivity contribution >= 4 is 52.9 Å². The lowest BCUT2D eigenvalue weighted by Gasteiger charge is -2.36. The molecule has 3 aliphatic heterocycles. The summed E-state index contributed by atoms with van der Waals surface area (Å²) >= 11 is 6.27. The number of amides is 6. The molecule has 58 heavy (non-hydrogen) atoms. The second-order valence-electron chi connectivity index (χ2n) is 16.9. The fourth-order valence-electron chi connectivity index (χ4n) is 7.61. The number of nitrogens with one attached hydrogen (secondary N) is 4. The first kappa shape index (κ1) is 42.4. The van der Waals surface area contributed by atoms with Gasteiger partial charge in [0.15, 0.2) is 5.60 Å². The molecule has 6 rings (SSSR count). The van der Waals surface area contributed by atoms with Crippen LogP contribution in [-0.2, 0) is 35.4 Å². The van der Waals surface area contributed by atoms with Crippen molar-refractivity contribution in [3.8, 4) is 0 Å². The van der Waals surface area contributed by atoms with Crippen molar-refractivity contribution in [2.75, 3.05) is 19.6 Å². The predicted molar refractivity (Wildman–Crippen MR) is 216 cm³/mol. The second-order valence-corrected chi connectivity index (χ2v) is 17.3. The minimum atomic E-state index is -1.11. The van der Waals surface area contributed by atoms with Crippen LogP contribution in [0.15, 0.2) is 59.8 Å². The van der Waals surface area contributed by atoms with E-state index >= 15 is 0 Å². The summed E-state index contributed by atoms with van der Waals surface area (Å²) in [6.45, 7) is 8.21. The Kier molecular flexibility index (Phi) is 13.3. The second kappa shape index (κ2) is 18.2. The summed E-state index contributed by atoms with van der Waals surface area (Å²) in [6, 6.07) is 12.4. The number of carbonyl (C=O) groups excluding carboxylic acids is 6. The maximum atomic E-state index is 14.7. The van der Waals surface area contributed by atoms with Crippen molar-refractivity contribution in [2.45, 2.75) is 121 Å². The molecule has 6 amide bonds. The molecule has 4 atom stereocenters. The number of nitrogens with zero attached hydrogens (tertiary/aromatic N) is 3. The monoisotopic (exact) mass is 819 g/mol. The zero-order chi connectivity index (χ0) is 41.6. The van der Waals surface area contributed by atoms with Crippen LogP contribution in [0, 0.1) is 5.41 Å². The van der Waals surface area contributed by atoms with Crippen LogP contribution in [0.4, 0.5) is 9.59 Å². The molecule has 2 aromatic carbocycles. The fourth-order valence-corrected chi connectivity index (χ4v) is 7.80. The van der Waals surface area contributed by atoms with Crippen LogP contribution in [-0.4, -0.2) is 107 Å². The highest BCUT2D eigenvalue weighted by atomic mass is 35.5. The Hall–Kier alpha value is -5.18. The molecule has 2 saturated heterocycles. The van der Waals surface area contributed by atoms with Gasteiger partial charge < -0.3 is 40.6 Å². The van der Waals surface area contributed by atoms with E-state index in [9.17, 15) is 28.8 Å². The Bertz CT molecular complexity index is 1890. The molecular formula is C42H54ClN7O8. The molecule has 1 spiro atoms. The zero-order valence-corrected chi connectivity index (χ0v) is 34.3. The molecule has 0 unspecified atom stereocenters. The van der Waals surface area contributed by atoms with E-state index in [1.165, 1.54) is 4.90 Å². The summed E-state index contributed by atoms with van der Waals surface area (Å²) in [7, 11) is 0. The maximum absolute atomic E-state index is 14.7. The van der Waals surface area contributed by atoms with Gasteiger partial charge in [0.25, 0.3) is 5.91 Å². The van der Waals surface area contributed by atoms with Gasteiger partial charge >= 0.3 is 12.1 Å². The minimum absolute atomic E-state index is 0.0270. The third-order valence-corrected chi connectivity index (χ3v) is 11.2. The van der Waals surface area contributed by atoms with Crippen molar-refractivity contribution in [3.05, 3.63) is 70.7 Å². The van der Waals surface area contributed by atoms with Gasteiger partial charge in [-0.25, -0.2) is 9.59 Å². The van der Waals surface area contributed by atoms with E-state index in [1.54, 1.807) is 23.1 Å². The van der Waals surface area contributed by atoms with Crippen molar-refractivity contribution < 1.29 is 38.3 Å². The molecule has 312 valence electrons. The Morgan fingerprint density at radius 2 is 1.66 bits per heavy atom. The highest BCUT2D eigenvalue weighted by Gasteiger charge is 2.56. The number of Topliss-reactive ketones (excluding diaryl/α,β-unsaturated/α-hetero) is 1. The van der Waals surface area contributed by atoms with Crippen LogP contribution in [0.3, 0.4) is 0 Å². The number of piperidine rings is 1. The normalized spacial score (nSPS) is 21.7. The van der Waals surface area contributed by atoms with Gasteiger partial charge in [-0.15, -0.1) is 0 Å². The lowest BCUT2D eigenvalue weighted by atomic mass is 9.85.